The van der Waals surface area contributed by atoms with Gasteiger partial charge in [-0.05, 0) is 0 Å². The lowest BCUT2D eigenvalue weighted by Gasteiger charge is -1.95. The van der Waals surface area contributed by atoms with E-state index >= 15 is 0 Å². The molecule has 0 bridgehead atoms. The molecule has 90 valence electrons. The molecule has 2 aromatic rings. The van der Waals surface area contributed by atoms with Crippen LogP contribution < -0.4 is 5.73 Å². The first-order chi connectivity index (χ1) is 7.99. The van der Waals surface area contributed by atoms with Gasteiger partial charge in [0.2, 0.25) is 5.13 Å². The van der Waals surface area contributed by atoms with Gasteiger partial charge in [-0.3, -0.25) is 0 Å². The molecule has 3 N–H and O–H groups in total. The van der Waals surface area contributed by atoms with Gasteiger partial charge in [0.25, 0.3) is 0 Å². The van der Waals surface area contributed by atoms with Crippen molar-refractivity contribution in [3.05, 3.63) is 17.7 Å². The lowest BCUT2D eigenvalue weighted by Crippen LogP contribution is -2.02. The molecular formula is C9H11N5O2S. The summed E-state index contributed by atoms with van der Waals surface area (Å²) in [5.41, 5.74) is 5.47. The molecule has 0 aliphatic carbocycles. The van der Waals surface area contributed by atoms with Gasteiger partial charge >= 0.3 is 5.97 Å². The summed E-state index contributed by atoms with van der Waals surface area (Å²) in [6.45, 7) is 3.96. The largest absolute Gasteiger partial charge is 0.476 e. The van der Waals surface area contributed by atoms with E-state index < -0.39 is 5.97 Å². The van der Waals surface area contributed by atoms with E-state index in [9.17, 15) is 4.79 Å². The number of aromatic carboxylic acids is 1. The van der Waals surface area contributed by atoms with Crippen molar-refractivity contribution >= 4 is 23.2 Å². The van der Waals surface area contributed by atoms with Gasteiger partial charge in [-0.25, -0.2) is 14.5 Å². The number of nitrogens with two attached hydrogens (primary N) is 1. The Balaban J connectivity index is 2.39. The highest BCUT2D eigenvalue weighted by molar-refractivity contribution is 7.08. The second-order valence-corrected chi connectivity index (χ2v) is 4.50. The van der Waals surface area contributed by atoms with Crippen LogP contribution in [0.5, 0.6) is 0 Å². The van der Waals surface area contributed by atoms with Crippen molar-refractivity contribution < 1.29 is 9.90 Å². The molecule has 2 aromatic heterocycles. The minimum absolute atomic E-state index is 0.110. The van der Waals surface area contributed by atoms with E-state index in [0.717, 1.165) is 11.5 Å². The Morgan fingerprint density at radius 1 is 1.59 bits per heavy atom. The molecule has 0 aromatic carbocycles. The van der Waals surface area contributed by atoms with Crippen LogP contribution in [0.1, 0.15) is 36.1 Å². The molecule has 0 spiro atoms. The van der Waals surface area contributed by atoms with Gasteiger partial charge in [0, 0.05) is 17.5 Å². The second-order valence-electron chi connectivity index (χ2n) is 3.77. The maximum Gasteiger partial charge on any atom is 0.358 e. The van der Waals surface area contributed by atoms with Crippen molar-refractivity contribution in [1.82, 2.24) is 19.1 Å². The molecule has 8 heteroatoms. The summed E-state index contributed by atoms with van der Waals surface area (Å²) in [5, 5.41) is 13.2. The number of hydrogen-bond acceptors (Lipinski definition) is 6. The molecule has 17 heavy (non-hydrogen) atoms. The summed E-state index contributed by atoms with van der Waals surface area (Å²) in [6.07, 6.45) is 1.42. The quantitative estimate of drug-likeness (QED) is 0.849. The zero-order valence-electron chi connectivity index (χ0n) is 9.28. The van der Waals surface area contributed by atoms with Crippen LogP contribution in [-0.2, 0) is 0 Å². The predicted molar refractivity (Wildman–Crippen MR) is 62.5 cm³/mol. The standard InChI is InChI=1S/C9H11N5O2S/c1-4(2)7-11-9(17-13-7)14-3-5(10)6(12-14)8(15)16/h3-4H,10H2,1-2H3,(H,15,16). The molecule has 0 radical (unpaired) electrons. The Bertz CT molecular complexity index is 559. The Hall–Kier alpha value is -1.96. The van der Waals surface area contributed by atoms with Crippen LogP contribution in [0.3, 0.4) is 0 Å². The highest BCUT2D eigenvalue weighted by atomic mass is 32.1. The second kappa shape index (κ2) is 4.13. The third kappa shape index (κ3) is 2.11. The van der Waals surface area contributed by atoms with E-state index in [1.165, 1.54) is 10.9 Å². The molecular weight excluding hydrogens is 242 g/mol. The number of nitrogens with zero attached hydrogens (tertiary/aromatic N) is 4. The lowest BCUT2D eigenvalue weighted by atomic mass is 10.2. The van der Waals surface area contributed by atoms with Crippen molar-refractivity contribution in [2.45, 2.75) is 19.8 Å². The zero-order valence-corrected chi connectivity index (χ0v) is 10.1. The minimum atomic E-state index is -1.16. The number of carboxylic acids is 1. The Morgan fingerprint density at radius 3 is 2.76 bits per heavy atom. The molecule has 0 saturated carbocycles. The van der Waals surface area contributed by atoms with Crippen molar-refractivity contribution in [2.75, 3.05) is 5.73 Å². The summed E-state index contributed by atoms with van der Waals surface area (Å²) in [4.78, 5) is 15.0. The van der Waals surface area contributed by atoms with E-state index in [1.54, 1.807) is 0 Å². The van der Waals surface area contributed by atoms with Crippen LogP contribution in [0.25, 0.3) is 5.13 Å². The first-order valence-corrected chi connectivity index (χ1v) is 5.68. The number of rotatable bonds is 3. The average Bonchev–Trinajstić information content (AvgIpc) is 2.82. The third-order valence-electron chi connectivity index (χ3n) is 2.09. The lowest BCUT2D eigenvalue weighted by molar-refractivity contribution is 0.0691. The van der Waals surface area contributed by atoms with Gasteiger partial charge in [0.15, 0.2) is 5.69 Å². The van der Waals surface area contributed by atoms with Crippen molar-refractivity contribution in [3.63, 3.8) is 0 Å². The van der Waals surface area contributed by atoms with Crippen LogP contribution in [0.15, 0.2) is 6.20 Å². The smallest absolute Gasteiger partial charge is 0.358 e. The number of aromatic nitrogens is 4. The van der Waals surface area contributed by atoms with Gasteiger partial charge in [-0.15, -0.1) is 0 Å². The molecule has 2 heterocycles. The summed E-state index contributed by atoms with van der Waals surface area (Å²) < 4.78 is 5.49. The summed E-state index contributed by atoms with van der Waals surface area (Å²) in [6, 6.07) is 0. The minimum Gasteiger partial charge on any atom is -0.476 e. The molecule has 2 rings (SSSR count). The van der Waals surface area contributed by atoms with Gasteiger partial charge in [-0.1, -0.05) is 13.8 Å². The number of anilines is 1. The first kappa shape index (κ1) is 11.5. The third-order valence-corrected chi connectivity index (χ3v) is 2.81. The van der Waals surface area contributed by atoms with Gasteiger partial charge in [0.1, 0.15) is 5.82 Å². The van der Waals surface area contributed by atoms with Crippen LogP contribution in [-0.4, -0.2) is 30.2 Å². The van der Waals surface area contributed by atoms with Gasteiger partial charge in [-0.2, -0.15) is 9.47 Å². The van der Waals surface area contributed by atoms with Gasteiger partial charge in [0.05, 0.1) is 11.9 Å². The summed E-state index contributed by atoms with van der Waals surface area (Å²) in [5.74, 6) is -0.238. The van der Waals surface area contributed by atoms with E-state index in [2.05, 4.69) is 14.5 Å². The molecule has 0 saturated heterocycles. The molecule has 0 atom stereocenters. The van der Waals surface area contributed by atoms with E-state index in [0.29, 0.717) is 11.0 Å². The maximum atomic E-state index is 10.8. The molecule has 0 aliphatic heterocycles. The normalized spacial score (nSPS) is 11.0. The maximum absolute atomic E-state index is 10.8. The Morgan fingerprint density at radius 2 is 2.29 bits per heavy atom. The van der Waals surface area contributed by atoms with Crippen LogP contribution in [0, 0.1) is 0 Å². The van der Waals surface area contributed by atoms with Crippen molar-refractivity contribution in [1.29, 1.82) is 0 Å². The molecule has 0 fully saturated rings. The van der Waals surface area contributed by atoms with Crippen LogP contribution in [0.2, 0.25) is 0 Å². The SMILES string of the molecule is CC(C)c1nsc(-n2cc(N)c(C(=O)O)n2)n1. The van der Waals surface area contributed by atoms with E-state index in [1.807, 2.05) is 13.8 Å². The van der Waals surface area contributed by atoms with Crippen molar-refractivity contribution in [3.8, 4) is 5.13 Å². The number of hydrogen-bond donors (Lipinski definition) is 2. The monoisotopic (exact) mass is 253 g/mol. The molecule has 7 nitrogen and oxygen atoms in total. The molecule has 0 aliphatic rings. The van der Waals surface area contributed by atoms with E-state index in [4.69, 9.17) is 10.8 Å². The molecule has 0 amide bonds. The molecule has 0 unspecified atom stereocenters. The first-order valence-electron chi connectivity index (χ1n) is 4.91. The highest BCUT2D eigenvalue weighted by Gasteiger charge is 2.16. The summed E-state index contributed by atoms with van der Waals surface area (Å²) in [7, 11) is 0. The Kier molecular flexibility index (Phi) is 2.80. The van der Waals surface area contributed by atoms with Crippen molar-refractivity contribution in [2.24, 2.45) is 0 Å². The van der Waals surface area contributed by atoms with Crippen LogP contribution in [0.4, 0.5) is 5.69 Å². The fourth-order valence-electron chi connectivity index (χ4n) is 1.21. The Labute approximate surface area is 101 Å². The van der Waals surface area contributed by atoms with Gasteiger partial charge < -0.3 is 10.8 Å². The topological polar surface area (TPSA) is 107 Å². The number of nitrogen functional groups attached to an aromatic ring is 1. The number of carbonyl (C=O) groups is 1. The zero-order chi connectivity index (χ0) is 12.6. The fourth-order valence-corrected chi connectivity index (χ4v) is 1.94. The van der Waals surface area contributed by atoms with Crippen LogP contribution >= 0.6 is 11.5 Å². The predicted octanol–water partition coefficient (Wildman–Crippen LogP) is 1.13. The number of carboxylic acid groups (broad SMARTS) is 1. The average molecular weight is 253 g/mol. The highest BCUT2D eigenvalue weighted by Crippen LogP contribution is 2.18. The van der Waals surface area contributed by atoms with E-state index in [-0.39, 0.29) is 17.3 Å². The fraction of sp³-hybridized carbons (Fsp3) is 0.333. The summed E-state index contributed by atoms with van der Waals surface area (Å²) >= 11 is 1.16.